The molecule has 1 rings (SSSR count). The molecule has 1 saturated heterocycles. The second kappa shape index (κ2) is 6.83. The third kappa shape index (κ3) is 5.03. The van der Waals surface area contributed by atoms with E-state index in [1.807, 2.05) is 11.8 Å². The molecule has 4 nitrogen and oxygen atoms in total. The fraction of sp³-hybridized carbons (Fsp3) is 1.00. The van der Waals surface area contributed by atoms with Gasteiger partial charge in [-0.3, -0.25) is 0 Å². The molecule has 0 radical (unpaired) electrons. The van der Waals surface area contributed by atoms with Crippen molar-refractivity contribution in [2.24, 2.45) is 0 Å². The highest BCUT2D eigenvalue weighted by Crippen LogP contribution is 2.12. The van der Waals surface area contributed by atoms with Crippen molar-refractivity contribution in [1.29, 1.82) is 0 Å². The van der Waals surface area contributed by atoms with E-state index >= 15 is 0 Å². The molecule has 2 atom stereocenters. The number of aliphatic hydroxyl groups is 1. The van der Waals surface area contributed by atoms with E-state index in [0.29, 0.717) is 0 Å². The third-order valence-corrected chi connectivity index (χ3v) is 5.17. The lowest BCUT2D eigenvalue weighted by atomic mass is 10.2. The number of unbranched alkanes of at least 4 members (excludes halogenated alkanes) is 2. The average molecular weight is 267 g/mol. The molecule has 0 saturated carbocycles. The molecule has 1 aliphatic rings. The molecular weight excluding hydrogens is 246 g/mol. The van der Waals surface area contributed by atoms with Crippen molar-refractivity contribution in [2.45, 2.75) is 31.4 Å². The number of sulfone groups is 1. The van der Waals surface area contributed by atoms with Gasteiger partial charge in [0.2, 0.25) is 0 Å². The molecule has 1 heterocycles. The van der Waals surface area contributed by atoms with Gasteiger partial charge >= 0.3 is 0 Å². The van der Waals surface area contributed by atoms with Gasteiger partial charge in [0.15, 0.2) is 9.84 Å². The molecule has 1 fully saturated rings. The summed E-state index contributed by atoms with van der Waals surface area (Å²) in [4.78, 5) is 0. The van der Waals surface area contributed by atoms with E-state index in [2.05, 4.69) is 11.6 Å². The lowest BCUT2D eigenvalue weighted by molar-refractivity contribution is 0.166. The molecule has 0 aliphatic carbocycles. The Hall–Kier alpha value is 0.220. The molecule has 16 heavy (non-hydrogen) atoms. The van der Waals surface area contributed by atoms with Crippen LogP contribution in [0.15, 0.2) is 0 Å². The van der Waals surface area contributed by atoms with Crippen LogP contribution in [-0.4, -0.2) is 55.7 Å². The fourth-order valence-corrected chi connectivity index (χ4v) is 4.13. The van der Waals surface area contributed by atoms with E-state index in [1.165, 1.54) is 12.2 Å². The van der Waals surface area contributed by atoms with Crippen molar-refractivity contribution in [3.63, 3.8) is 0 Å². The maximum absolute atomic E-state index is 11.2. The number of rotatable bonds is 7. The first-order valence-corrected chi connectivity index (χ1v) is 8.87. The van der Waals surface area contributed by atoms with Crippen molar-refractivity contribution in [3.05, 3.63) is 0 Å². The van der Waals surface area contributed by atoms with Gasteiger partial charge in [-0.1, -0.05) is 6.42 Å². The van der Waals surface area contributed by atoms with Gasteiger partial charge in [-0.05, 0) is 31.4 Å². The second-order valence-corrected chi connectivity index (χ2v) is 7.40. The molecule has 0 bridgehead atoms. The van der Waals surface area contributed by atoms with Gasteiger partial charge in [-0.2, -0.15) is 11.8 Å². The van der Waals surface area contributed by atoms with Crippen molar-refractivity contribution in [3.8, 4) is 0 Å². The third-order valence-electron chi connectivity index (χ3n) is 2.75. The molecule has 6 heteroatoms. The lowest BCUT2D eigenvalue weighted by Gasteiger charge is -2.14. The van der Waals surface area contributed by atoms with E-state index < -0.39 is 15.9 Å². The van der Waals surface area contributed by atoms with E-state index in [1.54, 1.807) is 0 Å². The van der Waals surface area contributed by atoms with Crippen molar-refractivity contribution < 1.29 is 13.5 Å². The molecule has 2 N–H and O–H groups in total. The van der Waals surface area contributed by atoms with E-state index in [4.69, 9.17) is 0 Å². The Bertz CT molecular complexity index is 292. The Kier molecular flexibility index (Phi) is 6.10. The van der Waals surface area contributed by atoms with Crippen LogP contribution < -0.4 is 5.32 Å². The zero-order chi connectivity index (χ0) is 12.0. The highest BCUT2D eigenvalue weighted by Gasteiger charge is 2.35. The number of hydrogen-bond donors (Lipinski definition) is 2. The van der Waals surface area contributed by atoms with Crippen LogP contribution in [0, 0.1) is 0 Å². The van der Waals surface area contributed by atoms with Gasteiger partial charge in [0.25, 0.3) is 0 Å². The normalized spacial score (nSPS) is 28.4. The molecule has 2 unspecified atom stereocenters. The zero-order valence-electron chi connectivity index (χ0n) is 9.68. The monoisotopic (exact) mass is 267 g/mol. The summed E-state index contributed by atoms with van der Waals surface area (Å²) in [6.07, 6.45) is 4.77. The summed E-state index contributed by atoms with van der Waals surface area (Å²) in [5.74, 6) is 1.18. The van der Waals surface area contributed by atoms with Gasteiger partial charge in [0.1, 0.15) is 0 Å². The predicted octanol–water partition coefficient (Wildman–Crippen LogP) is 0.267. The molecule has 0 aromatic rings. The molecule has 0 amide bonds. The van der Waals surface area contributed by atoms with Crippen LogP contribution in [0.3, 0.4) is 0 Å². The Balaban J connectivity index is 2.10. The van der Waals surface area contributed by atoms with Crippen molar-refractivity contribution in [2.75, 3.05) is 30.1 Å². The topological polar surface area (TPSA) is 66.4 Å². The Morgan fingerprint density at radius 2 is 2.06 bits per heavy atom. The first-order chi connectivity index (χ1) is 7.55. The van der Waals surface area contributed by atoms with Gasteiger partial charge in [0.05, 0.1) is 17.6 Å². The SMILES string of the molecule is CSCCCCCNC1CS(=O)(=O)CC1O. The van der Waals surface area contributed by atoms with Crippen molar-refractivity contribution >= 4 is 21.6 Å². The first kappa shape index (κ1) is 14.3. The predicted molar refractivity (Wildman–Crippen MR) is 68.7 cm³/mol. The summed E-state index contributed by atoms with van der Waals surface area (Å²) in [5, 5.41) is 12.6. The minimum atomic E-state index is -3.01. The maximum Gasteiger partial charge on any atom is 0.154 e. The van der Waals surface area contributed by atoms with Gasteiger partial charge in [0, 0.05) is 6.04 Å². The summed E-state index contributed by atoms with van der Waals surface area (Å²) in [6, 6.07) is -0.259. The quantitative estimate of drug-likeness (QED) is 0.648. The van der Waals surface area contributed by atoms with Crippen molar-refractivity contribution in [1.82, 2.24) is 5.32 Å². The standard InChI is InChI=1S/C10H21NO3S2/c1-15-6-4-2-3-5-11-9-7-16(13,14)8-10(9)12/h9-12H,2-8H2,1H3. The average Bonchev–Trinajstić information content (AvgIpc) is 2.45. The summed E-state index contributed by atoms with van der Waals surface area (Å²) in [6.45, 7) is 0.797. The van der Waals surface area contributed by atoms with Crippen LogP contribution in [0.1, 0.15) is 19.3 Å². The number of hydrogen-bond acceptors (Lipinski definition) is 5. The smallest absolute Gasteiger partial charge is 0.154 e. The maximum atomic E-state index is 11.2. The van der Waals surface area contributed by atoms with E-state index in [-0.39, 0.29) is 17.5 Å². The van der Waals surface area contributed by atoms with Crippen LogP contribution in [0.25, 0.3) is 0 Å². The van der Waals surface area contributed by atoms with Gasteiger partial charge < -0.3 is 10.4 Å². The summed E-state index contributed by atoms with van der Waals surface area (Å²) < 4.78 is 22.4. The fourth-order valence-electron chi connectivity index (χ4n) is 1.86. The molecule has 0 aromatic heterocycles. The minimum Gasteiger partial charge on any atom is -0.390 e. The Morgan fingerprint density at radius 1 is 1.31 bits per heavy atom. The Morgan fingerprint density at radius 3 is 2.62 bits per heavy atom. The summed E-state index contributed by atoms with van der Waals surface area (Å²) in [5.41, 5.74) is 0. The van der Waals surface area contributed by atoms with Crippen LogP contribution >= 0.6 is 11.8 Å². The van der Waals surface area contributed by atoms with E-state index in [0.717, 1.165) is 19.4 Å². The second-order valence-electron chi connectivity index (χ2n) is 4.26. The molecule has 1 aliphatic heterocycles. The van der Waals surface area contributed by atoms with E-state index in [9.17, 15) is 13.5 Å². The lowest BCUT2D eigenvalue weighted by Crippen LogP contribution is -2.39. The molecular formula is C10H21NO3S2. The number of nitrogens with one attached hydrogen (secondary N) is 1. The number of aliphatic hydroxyl groups excluding tert-OH is 1. The largest absolute Gasteiger partial charge is 0.390 e. The van der Waals surface area contributed by atoms with Crippen LogP contribution in [-0.2, 0) is 9.84 Å². The highest BCUT2D eigenvalue weighted by atomic mass is 32.2. The van der Waals surface area contributed by atoms with Crippen LogP contribution in [0.5, 0.6) is 0 Å². The number of thioether (sulfide) groups is 1. The van der Waals surface area contributed by atoms with Crippen LogP contribution in [0.4, 0.5) is 0 Å². The van der Waals surface area contributed by atoms with Gasteiger partial charge in [-0.25, -0.2) is 8.42 Å². The minimum absolute atomic E-state index is 0.0823. The molecule has 0 spiro atoms. The molecule has 0 aromatic carbocycles. The zero-order valence-corrected chi connectivity index (χ0v) is 11.3. The highest BCUT2D eigenvalue weighted by molar-refractivity contribution is 7.98. The summed E-state index contributed by atoms with van der Waals surface area (Å²) >= 11 is 1.85. The van der Waals surface area contributed by atoms with Crippen LogP contribution in [0.2, 0.25) is 0 Å². The molecule has 96 valence electrons. The summed E-state index contributed by atoms with van der Waals surface area (Å²) in [7, 11) is -3.01. The first-order valence-electron chi connectivity index (χ1n) is 5.66. The Labute approximate surface area is 102 Å². The van der Waals surface area contributed by atoms with Gasteiger partial charge in [-0.15, -0.1) is 0 Å².